The molecule has 1 aliphatic rings. The number of aryl methyl sites for hydroxylation is 1. The van der Waals surface area contributed by atoms with Crippen molar-refractivity contribution < 1.29 is 9.18 Å². The molecule has 3 rings (SSSR count). The minimum atomic E-state index is -0.413. The minimum absolute atomic E-state index is 0.232. The predicted molar refractivity (Wildman–Crippen MR) is 87.0 cm³/mol. The van der Waals surface area contributed by atoms with Crippen molar-refractivity contribution in [3.05, 3.63) is 59.4 Å². The van der Waals surface area contributed by atoms with Gasteiger partial charge in [-0.15, -0.1) is 0 Å². The molecule has 0 spiro atoms. The van der Waals surface area contributed by atoms with Gasteiger partial charge in [0.15, 0.2) is 0 Å². The molecule has 0 radical (unpaired) electrons. The van der Waals surface area contributed by atoms with E-state index in [1.165, 1.54) is 6.07 Å². The summed E-state index contributed by atoms with van der Waals surface area (Å²) in [5.41, 5.74) is 2.72. The van der Waals surface area contributed by atoms with Crippen molar-refractivity contribution in [1.82, 2.24) is 0 Å². The zero-order valence-corrected chi connectivity index (χ0v) is 12.6. The molecule has 0 unspecified atom stereocenters. The summed E-state index contributed by atoms with van der Waals surface area (Å²) in [4.78, 5) is 14.5. The second-order valence-corrected chi connectivity index (χ2v) is 5.68. The fraction of sp³-hybridized carbons (Fsp3) is 0.278. The summed E-state index contributed by atoms with van der Waals surface area (Å²) in [5, 5.41) is 2.68. The van der Waals surface area contributed by atoms with Crippen molar-refractivity contribution in [3.63, 3.8) is 0 Å². The molecular formula is C18H19FN2O. The van der Waals surface area contributed by atoms with E-state index < -0.39 is 5.82 Å². The Labute approximate surface area is 129 Å². The number of nitrogens with zero attached hydrogens (tertiary/aromatic N) is 1. The number of amides is 1. The summed E-state index contributed by atoms with van der Waals surface area (Å²) in [7, 11) is 0. The lowest BCUT2D eigenvalue weighted by Gasteiger charge is -2.19. The number of anilines is 2. The predicted octanol–water partition coefficient (Wildman–Crippen LogP) is 3.99. The molecule has 2 aromatic rings. The summed E-state index contributed by atoms with van der Waals surface area (Å²) >= 11 is 0. The molecule has 0 saturated carbocycles. The highest BCUT2D eigenvalue weighted by molar-refractivity contribution is 6.04. The van der Waals surface area contributed by atoms with E-state index in [2.05, 4.69) is 10.2 Å². The van der Waals surface area contributed by atoms with Crippen LogP contribution < -0.4 is 10.2 Å². The van der Waals surface area contributed by atoms with Gasteiger partial charge in [0.2, 0.25) is 0 Å². The third-order valence-electron chi connectivity index (χ3n) is 3.95. The van der Waals surface area contributed by atoms with E-state index in [9.17, 15) is 9.18 Å². The van der Waals surface area contributed by atoms with Crippen LogP contribution in [0.2, 0.25) is 0 Å². The first kappa shape index (κ1) is 14.6. The molecule has 22 heavy (non-hydrogen) atoms. The summed E-state index contributed by atoms with van der Waals surface area (Å²) in [6.07, 6.45) is 2.31. The van der Waals surface area contributed by atoms with E-state index in [1.807, 2.05) is 19.1 Å². The summed E-state index contributed by atoms with van der Waals surface area (Å²) < 4.78 is 14.0. The van der Waals surface area contributed by atoms with E-state index in [-0.39, 0.29) is 11.6 Å². The van der Waals surface area contributed by atoms with Gasteiger partial charge in [0.25, 0.3) is 5.91 Å². The molecule has 114 valence electrons. The number of hydrogen-bond donors (Lipinski definition) is 1. The highest BCUT2D eigenvalue weighted by Crippen LogP contribution is 2.26. The van der Waals surface area contributed by atoms with Crippen LogP contribution >= 0.6 is 0 Å². The first-order valence-corrected chi connectivity index (χ1v) is 7.56. The molecule has 1 amide bonds. The van der Waals surface area contributed by atoms with Crippen LogP contribution in [0.4, 0.5) is 15.8 Å². The zero-order valence-electron chi connectivity index (χ0n) is 12.6. The Morgan fingerprint density at radius 1 is 1.14 bits per heavy atom. The fourth-order valence-corrected chi connectivity index (χ4v) is 2.76. The number of hydrogen-bond acceptors (Lipinski definition) is 2. The Morgan fingerprint density at radius 2 is 1.91 bits per heavy atom. The molecule has 1 aliphatic heterocycles. The number of halogens is 1. The van der Waals surface area contributed by atoms with Gasteiger partial charge in [-0.1, -0.05) is 17.7 Å². The minimum Gasteiger partial charge on any atom is -0.371 e. The molecular weight excluding hydrogens is 279 g/mol. The molecule has 3 nitrogen and oxygen atoms in total. The fourth-order valence-electron chi connectivity index (χ4n) is 2.76. The van der Waals surface area contributed by atoms with E-state index in [0.717, 1.165) is 37.2 Å². The maximum absolute atomic E-state index is 14.0. The van der Waals surface area contributed by atoms with Gasteiger partial charge in [-0.05, 0) is 50.1 Å². The standard InChI is InChI=1S/C18H19FN2O/c1-13-5-4-6-14(11-13)18(22)20-17-12-15(7-8-16(17)19)21-9-2-3-10-21/h4-8,11-12H,2-3,9-10H2,1H3,(H,20,22). The smallest absolute Gasteiger partial charge is 0.255 e. The lowest BCUT2D eigenvalue weighted by molar-refractivity contribution is 0.102. The van der Waals surface area contributed by atoms with Gasteiger partial charge >= 0.3 is 0 Å². The molecule has 0 bridgehead atoms. The zero-order chi connectivity index (χ0) is 15.5. The van der Waals surface area contributed by atoms with Crippen molar-refractivity contribution in [1.29, 1.82) is 0 Å². The number of rotatable bonds is 3. The van der Waals surface area contributed by atoms with Crippen molar-refractivity contribution >= 4 is 17.3 Å². The van der Waals surface area contributed by atoms with Gasteiger partial charge in [0, 0.05) is 24.3 Å². The van der Waals surface area contributed by atoms with Gasteiger partial charge < -0.3 is 10.2 Å². The van der Waals surface area contributed by atoms with Crippen molar-refractivity contribution in [3.8, 4) is 0 Å². The molecule has 4 heteroatoms. The van der Waals surface area contributed by atoms with Crippen LogP contribution in [-0.4, -0.2) is 19.0 Å². The van der Waals surface area contributed by atoms with Crippen LogP contribution in [0, 0.1) is 12.7 Å². The first-order chi connectivity index (χ1) is 10.6. The molecule has 1 N–H and O–H groups in total. The summed E-state index contributed by atoms with van der Waals surface area (Å²) in [5.74, 6) is -0.704. The Bertz CT molecular complexity index is 693. The average Bonchev–Trinajstić information content (AvgIpc) is 3.04. The number of carbonyl (C=O) groups is 1. The van der Waals surface area contributed by atoms with E-state index in [1.54, 1.807) is 24.3 Å². The van der Waals surface area contributed by atoms with Crippen LogP contribution in [-0.2, 0) is 0 Å². The van der Waals surface area contributed by atoms with E-state index >= 15 is 0 Å². The van der Waals surface area contributed by atoms with Gasteiger partial charge in [0.1, 0.15) is 5.82 Å². The van der Waals surface area contributed by atoms with E-state index in [4.69, 9.17) is 0 Å². The molecule has 1 saturated heterocycles. The molecule has 1 fully saturated rings. The largest absolute Gasteiger partial charge is 0.371 e. The van der Waals surface area contributed by atoms with Crippen LogP contribution in [0.1, 0.15) is 28.8 Å². The molecule has 0 aromatic heterocycles. The summed E-state index contributed by atoms with van der Waals surface area (Å²) in [6, 6.07) is 12.2. The lowest BCUT2D eigenvalue weighted by atomic mass is 10.1. The molecule has 0 atom stereocenters. The second kappa shape index (κ2) is 6.18. The first-order valence-electron chi connectivity index (χ1n) is 7.56. The van der Waals surface area contributed by atoms with Gasteiger partial charge in [-0.25, -0.2) is 4.39 Å². The quantitative estimate of drug-likeness (QED) is 0.929. The van der Waals surface area contributed by atoms with Gasteiger partial charge in [0.05, 0.1) is 5.69 Å². The maximum atomic E-state index is 14.0. The second-order valence-electron chi connectivity index (χ2n) is 5.68. The Hall–Kier alpha value is -2.36. The van der Waals surface area contributed by atoms with Crippen LogP contribution in [0.25, 0.3) is 0 Å². The van der Waals surface area contributed by atoms with Crippen LogP contribution in [0.15, 0.2) is 42.5 Å². The van der Waals surface area contributed by atoms with Crippen LogP contribution in [0.3, 0.4) is 0 Å². The monoisotopic (exact) mass is 298 g/mol. The highest BCUT2D eigenvalue weighted by Gasteiger charge is 2.15. The molecule has 2 aromatic carbocycles. The van der Waals surface area contributed by atoms with Crippen LogP contribution in [0.5, 0.6) is 0 Å². The molecule has 1 heterocycles. The third-order valence-corrected chi connectivity index (χ3v) is 3.95. The Kier molecular flexibility index (Phi) is 4.09. The van der Waals surface area contributed by atoms with Crippen molar-refractivity contribution in [2.45, 2.75) is 19.8 Å². The number of benzene rings is 2. The third kappa shape index (κ3) is 3.11. The topological polar surface area (TPSA) is 32.3 Å². The lowest BCUT2D eigenvalue weighted by Crippen LogP contribution is -2.18. The normalized spacial score (nSPS) is 14.2. The maximum Gasteiger partial charge on any atom is 0.255 e. The summed E-state index contributed by atoms with van der Waals surface area (Å²) in [6.45, 7) is 3.89. The van der Waals surface area contributed by atoms with Crippen molar-refractivity contribution in [2.24, 2.45) is 0 Å². The van der Waals surface area contributed by atoms with Gasteiger partial charge in [-0.2, -0.15) is 0 Å². The average molecular weight is 298 g/mol. The Balaban J connectivity index is 1.82. The highest BCUT2D eigenvalue weighted by atomic mass is 19.1. The van der Waals surface area contributed by atoms with Gasteiger partial charge in [-0.3, -0.25) is 4.79 Å². The van der Waals surface area contributed by atoms with E-state index in [0.29, 0.717) is 5.56 Å². The number of carbonyl (C=O) groups excluding carboxylic acids is 1. The Morgan fingerprint density at radius 3 is 2.64 bits per heavy atom. The van der Waals surface area contributed by atoms with Crippen molar-refractivity contribution in [2.75, 3.05) is 23.3 Å². The molecule has 0 aliphatic carbocycles. The number of nitrogens with one attached hydrogen (secondary N) is 1. The SMILES string of the molecule is Cc1cccc(C(=O)Nc2cc(N3CCCC3)ccc2F)c1.